The van der Waals surface area contributed by atoms with Gasteiger partial charge in [-0.3, -0.25) is 9.59 Å². The second kappa shape index (κ2) is 9.49. The molecule has 0 unspecified atom stereocenters. The Labute approximate surface area is 111 Å². The van der Waals surface area contributed by atoms with E-state index in [9.17, 15) is 9.59 Å². The number of rotatable bonds is 8. The monoisotopic (exact) mass is 230 g/mol. The Kier molecular flexibility index (Phi) is 2.04. The van der Waals surface area contributed by atoms with Gasteiger partial charge in [0.25, 0.3) is 0 Å². The van der Waals surface area contributed by atoms with Gasteiger partial charge in [-0.1, -0.05) is 19.1 Å². The standard InChI is InChI=1S/C11H20O4/c1-14-10(12)8-6-4-3-5-7-9-11(13)15-2/h3-9H2,1-2H3/i3D2,4D2,5D2,6D2,7D2,8D2,9D2. The lowest BCUT2D eigenvalue weighted by atomic mass is 10.1. The van der Waals surface area contributed by atoms with E-state index in [0.29, 0.717) is 14.2 Å². The number of methoxy groups -OCH3 is 2. The van der Waals surface area contributed by atoms with E-state index in [1.54, 1.807) is 0 Å². The molecule has 0 aliphatic rings. The zero-order valence-electron chi connectivity index (χ0n) is 22.1. The molecular weight excluding hydrogens is 196 g/mol. The average molecular weight is 230 g/mol. The molecule has 0 heterocycles. The average Bonchev–Trinajstić information content (AvgIpc) is 2.58. The molecule has 4 nitrogen and oxygen atoms in total. The second-order valence-corrected chi connectivity index (χ2v) is 1.86. The van der Waals surface area contributed by atoms with Crippen LogP contribution in [0.3, 0.4) is 0 Å². The fourth-order valence-corrected chi connectivity index (χ4v) is 0.360. The fourth-order valence-electron chi connectivity index (χ4n) is 0.360. The first kappa shape index (κ1) is 3.22. The molecule has 4 heteroatoms. The van der Waals surface area contributed by atoms with E-state index in [-0.39, 0.29) is 0 Å². The molecular formula is C11H20O4. The summed E-state index contributed by atoms with van der Waals surface area (Å²) in [5.74, 6) is -3.90. The van der Waals surface area contributed by atoms with Crippen molar-refractivity contribution in [3.63, 3.8) is 0 Å². The van der Waals surface area contributed by atoms with Crippen LogP contribution in [0.4, 0.5) is 0 Å². The number of hydrogen-bond acceptors (Lipinski definition) is 4. The van der Waals surface area contributed by atoms with Crippen LogP contribution < -0.4 is 0 Å². The van der Waals surface area contributed by atoms with Gasteiger partial charge in [-0.15, -0.1) is 0 Å². The van der Waals surface area contributed by atoms with E-state index >= 15 is 0 Å². The van der Waals surface area contributed by atoms with Gasteiger partial charge in [-0.2, -0.15) is 0 Å². The Hall–Kier alpha value is -1.06. The Balaban J connectivity index is 6.72. The van der Waals surface area contributed by atoms with Gasteiger partial charge in [0, 0.05) is 31.9 Å². The summed E-state index contributed by atoms with van der Waals surface area (Å²) in [5, 5.41) is 0. The molecule has 0 atom stereocenters. The molecule has 0 fully saturated rings. The molecule has 0 aromatic carbocycles. The van der Waals surface area contributed by atoms with Crippen molar-refractivity contribution in [1.29, 1.82) is 0 Å². The van der Waals surface area contributed by atoms with Crippen molar-refractivity contribution < 1.29 is 38.3 Å². The van der Waals surface area contributed by atoms with E-state index in [1.165, 1.54) is 0 Å². The van der Waals surface area contributed by atoms with Crippen molar-refractivity contribution in [2.45, 2.75) is 44.6 Å². The maximum absolute atomic E-state index is 11.6. The van der Waals surface area contributed by atoms with E-state index in [0.717, 1.165) is 0 Å². The van der Waals surface area contributed by atoms with Crippen LogP contribution in [-0.4, -0.2) is 26.2 Å². The van der Waals surface area contributed by atoms with Gasteiger partial charge < -0.3 is 9.47 Å². The van der Waals surface area contributed by atoms with Gasteiger partial charge in [0.05, 0.1) is 14.2 Å². The lowest BCUT2D eigenvalue weighted by Gasteiger charge is -2.01. The van der Waals surface area contributed by atoms with Crippen molar-refractivity contribution in [3.05, 3.63) is 0 Å². The van der Waals surface area contributed by atoms with E-state index in [2.05, 4.69) is 9.47 Å². The third-order valence-corrected chi connectivity index (χ3v) is 0.950. The number of esters is 2. The van der Waals surface area contributed by atoms with Crippen LogP contribution >= 0.6 is 0 Å². The molecule has 0 radical (unpaired) electrons. The van der Waals surface area contributed by atoms with E-state index in [1.807, 2.05) is 0 Å². The summed E-state index contributed by atoms with van der Waals surface area (Å²) in [6, 6.07) is 0. The predicted molar refractivity (Wildman–Crippen MR) is 56.4 cm³/mol. The number of carbonyl (C=O) groups excluding carboxylic acids is 2. The van der Waals surface area contributed by atoms with Crippen molar-refractivity contribution in [2.24, 2.45) is 0 Å². The third-order valence-electron chi connectivity index (χ3n) is 0.950. The molecule has 0 aromatic heterocycles. The molecule has 0 N–H and O–H groups in total. The van der Waals surface area contributed by atoms with Gasteiger partial charge in [0.2, 0.25) is 0 Å². The van der Waals surface area contributed by atoms with Crippen LogP contribution in [0, 0.1) is 0 Å². The Morgan fingerprint density at radius 3 is 1.53 bits per heavy atom. The van der Waals surface area contributed by atoms with E-state index in [4.69, 9.17) is 19.2 Å². The molecule has 0 amide bonds. The predicted octanol–water partition coefficient (Wildman–Crippen LogP) is 2.06. The number of hydrogen-bond donors (Lipinski definition) is 0. The fraction of sp³-hybridized carbons (Fsp3) is 0.818. The van der Waals surface area contributed by atoms with Crippen LogP contribution in [0.5, 0.6) is 0 Å². The van der Waals surface area contributed by atoms with Crippen LogP contribution in [0.1, 0.15) is 63.8 Å². The highest BCUT2D eigenvalue weighted by molar-refractivity contribution is 5.69. The summed E-state index contributed by atoms with van der Waals surface area (Å²) >= 11 is 0. The van der Waals surface area contributed by atoms with Gasteiger partial charge in [-0.05, 0) is 12.7 Å². The summed E-state index contributed by atoms with van der Waals surface area (Å²) in [4.78, 5) is 23.1. The molecule has 0 spiro atoms. The van der Waals surface area contributed by atoms with Crippen LogP contribution in [0.2, 0.25) is 0 Å². The first-order valence-electron chi connectivity index (χ1n) is 10.6. The molecule has 0 saturated carbocycles. The molecule has 0 rings (SSSR count). The molecule has 0 saturated heterocycles. The topological polar surface area (TPSA) is 52.6 Å². The normalized spacial score (nSPS) is 30.3. The van der Waals surface area contributed by atoms with Crippen molar-refractivity contribution in [1.82, 2.24) is 0 Å². The van der Waals surface area contributed by atoms with Gasteiger partial charge in [0.15, 0.2) is 0 Å². The SMILES string of the molecule is [2H]C([2H])(C(=O)OC)C([2H])([2H])C([2H])([2H])C([2H])([2H])C([2H])([2H])C([2H])([2H])C([2H])([2H])C(=O)OC. The summed E-state index contributed by atoms with van der Waals surface area (Å²) < 4.78 is 115. The van der Waals surface area contributed by atoms with Crippen LogP contribution in [-0.2, 0) is 19.1 Å². The minimum Gasteiger partial charge on any atom is -0.469 e. The minimum atomic E-state index is -4.34. The molecule has 0 aliphatic heterocycles. The highest BCUT2D eigenvalue weighted by Gasteiger charge is 2.01. The van der Waals surface area contributed by atoms with Gasteiger partial charge in [0.1, 0.15) is 0 Å². The molecule has 0 aliphatic carbocycles. The number of carbonyl (C=O) groups is 2. The zero-order valence-corrected chi connectivity index (χ0v) is 8.13. The maximum atomic E-state index is 11.6. The first-order valence-corrected chi connectivity index (χ1v) is 3.63. The smallest absolute Gasteiger partial charge is 0.305 e. The minimum absolute atomic E-state index is 0.642. The summed E-state index contributed by atoms with van der Waals surface area (Å²) in [5.41, 5.74) is 0. The Bertz CT molecular complexity index is 602. The van der Waals surface area contributed by atoms with Crippen LogP contribution in [0.25, 0.3) is 0 Å². The maximum Gasteiger partial charge on any atom is 0.305 e. The van der Waals surface area contributed by atoms with Crippen LogP contribution in [0.15, 0.2) is 0 Å². The molecule has 15 heavy (non-hydrogen) atoms. The Morgan fingerprint density at radius 1 is 0.867 bits per heavy atom. The van der Waals surface area contributed by atoms with Crippen molar-refractivity contribution >= 4 is 11.9 Å². The largest absolute Gasteiger partial charge is 0.469 e. The highest BCUT2D eigenvalue weighted by atomic mass is 16.5. The summed E-state index contributed by atoms with van der Waals surface area (Å²) in [6.45, 7) is 0. The second-order valence-electron chi connectivity index (χ2n) is 1.86. The third kappa shape index (κ3) is 9.25. The quantitative estimate of drug-likeness (QED) is 0.599. The zero-order chi connectivity index (χ0) is 24.1. The lowest BCUT2D eigenvalue weighted by Crippen LogP contribution is -2.00. The van der Waals surface area contributed by atoms with Gasteiger partial charge >= 0.3 is 11.9 Å². The summed E-state index contributed by atoms with van der Waals surface area (Å²) in [6.07, 6.45) is -28.9. The number of ether oxygens (including phenoxy) is 2. The van der Waals surface area contributed by atoms with E-state index < -0.39 is 56.5 Å². The molecule has 88 valence electrons. The van der Waals surface area contributed by atoms with Gasteiger partial charge in [-0.25, -0.2) is 0 Å². The first-order chi connectivity index (χ1) is 12.5. The van der Waals surface area contributed by atoms with Crippen molar-refractivity contribution in [3.8, 4) is 0 Å². The molecule has 0 aromatic rings. The summed E-state index contributed by atoms with van der Waals surface area (Å²) in [7, 11) is 1.28. The lowest BCUT2D eigenvalue weighted by molar-refractivity contribution is -0.141. The van der Waals surface area contributed by atoms with Crippen molar-refractivity contribution in [2.75, 3.05) is 14.2 Å². The highest BCUT2D eigenvalue weighted by Crippen LogP contribution is 2.07. The molecule has 0 bridgehead atoms. The Morgan fingerprint density at radius 2 is 1.20 bits per heavy atom.